The number of nitrogens with one attached hydrogen (secondary N) is 1. The number of imidazole rings is 1. The van der Waals surface area contributed by atoms with Gasteiger partial charge in [0.25, 0.3) is 0 Å². The molecule has 2 aliphatic carbocycles. The van der Waals surface area contributed by atoms with Crippen LogP contribution in [0.25, 0.3) is 0 Å². The van der Waals surface area contributed by atoms with E-state index in [9.17, 15) is 0 Å². The van der Waals surface area contributed by atoms with Gasteiger partial charge in [-0.25, -0.2) is 9.97 Å². The molecule has 0 aromatic carbocycles. The highest BCUT2D eigenvalue weighted by molar-refractivity contribution is 7.11. The lowest BCUT2D eigenvalue weighted by molar-refractivity contribution is 0.184. The molecular formula is C19H27N5S. The molecule has 2 aromatic heterocycles. The molecule has 6 heteroatoms. The summed E-state index contributed by atoms with van der Waals surface area (Å²) in [6.07, 6.45) is 12.8. The predicted molar refractivity (Wildman–Crippen MR) is 99.5 cm³/mol. The Morgan fingerprint density at radius 2 is 2.12 bits per heavy atom. The van der Waals surface area contributed by atoms with E-state index in [1.807, 2.05) is 17.5 Å². The van der Waals surface area contributed by atoms with E-state index in [0.717, 1.165) is 19.0 Å². The lowest BCUT2D eigenvalue weighted by Crippen LogP contribution is -2.36. The van der Waals surface area contributed by atoms with Crippen LogP contribution in [-0.2, 0) is 20.1 Å². The van der Waals surface area contributed by atoms with Gasteiger partial charge in [-0.3, -0.25) is 4.90 Å². The zero-order valence-electron chi connectivity index (χ0n) is 14.9. The van der Waals surface area contributed by atoms with E-state index in [1.54, 1.807) is 0 Å². The van der Waals surface area contributed by atoms with Crippen molar-refractivity contribution in [2.75, 3.05) is 13.1 Å². The molecule has 1 N–H and O–H groups in total. The molecule has 134 valence electrons. The summed E-state index contributed by atoms with van der Waals surface area (Å²) in [5, 5.41) is 4.88. The molecule has 0 bridgehead atoms. The van der Waals surface area contributed by atoms with Crippen LogP contribution in [0.15, 0.2) is 18.6 Å². The molecule has 5 rings (SSSR count). The monoisotopic (exact) mass is 357 g/mol. The van der Waals surface area contributed by atoms with Crippen LogP contribution in [0.3, 0.4) is 0 Å². The van der Waals surface area contributed by atoms with Crippen LogP contribution < -0.4 is 5.32 Å². The predicted octanol–water partition coefficient (Wildman–Crippen LogP) is 2.90. The molecule has 1 spiro atoms. The van der Waals surface area contributed by atoms with Crippen LogP contribution in [0.4, 0.5) is 0 Å². The average molecular weight is 358 g/mol. The first-order valence-electron chi connectivity index (χ1n) is 9.59. The summed E-state index contributed by atoms with van der Waals surface area (Å²) in [5.41, 5.74) is 0.556. The Hall–Kier alpha value is -1.24. The van der Waals surface area contributed by atoms with Crippen molar-refractivity contribution in [1.82, 2.24) is 24.8 Å². The van der Waals surface area contributed by atoms with E-state index in [1.165, 1.54) is 60.9 Å². The summed E-state index contributed by atoms with van der Waals surface area (Å²) >= 11 is 1.94. The minimum absolute atomic E-state index is 0.556. The molecule has 5 nitrogen and oxygen atoms in total. The zero-order valence-corrected chi connectivity index (χ0v) is 15.8. The minimum Gasteiger partial charge on any atom is -0.337 e. The van der Waals surface area contributed by atoms with Gasteiger partial charge in [-0.2, -0.15) is 0 Å². The number of aromatic nitrogens is 3. The number of rotatable bonds is 6. The molecule has 1 unspecified atom stereocenters. The van der Waals surface area contributed by atoms with Crippen molar-refractivity contribution in [2.24, 2.45) is 12.5 Å². The molecule has 1 aliphatic heterocycles. The molecule has 3 fully saturated rings. The number of aryl methyl sites for hydroxylation is 1. The minimum atomic E-state index is 0.556. The van der Waals surface area contributed by atoms with Crippen LogP contribution in [0, 0.1) is 5.41 Å². The van der Waals surface area contributed by atoms with E-state index in [2.05, 4.69) is 39.2 Å². The summed E-state index contributed by atoms with van der Waals surface area (Å²) in [6, 6.07) is 0.706. The molecule has 2 aromatic rings. The fourth-order valence-electron chi connectivity index (χ4n) is 4.43. The Bertz CT molecular complexity index is 741. The van der Waals surface area contributed by atoms with Gasteiger partial charge >= 0.3 is 0 Å². The standard InChI is InChI=1S/C19H27N5S/c1-23-9-8-21-17(23)13-24(16-10-19(16)4-6-20-7-5-19)12-15-11-22-18(25-15)14-2-3-14/h8-9,11,14,16,20H,2-7,10,12-13H2,1H3. The van der Waals surface area contributed by atoms with Crippen molar-refractivity contribution in [1.29, 1.82) is 0 Å². The zero-order chi connectivity index (χ0) is 16.9. The second kappa shape index (κ2) is 6.18. The molecule has 25 heavy (non-hydrogen) atoms. The normalized spacial score (nSPS) is 25.0. The maximum absolute atomic E-state index is 4.69. The Labute approximate surface area is 153 Å². The van der Waals surface area contributed by atoms with Gasteiger partial charge in [0.15, 0.2) is 0 Å². The summed E-state index contributed by atoms with van der Waals surface area (Å²) in [5.74, 6) is 1.93. The molecule has 0 radical (unpaired) electrons. The van der Waals surface area contributed by atoms with Crippen molar-refractivity contribution in [2.45, 2.75) is 57.2 Å². The summed E-state index contributed by atoms with van der Waals surface area (Å²) in [7, 11) is 2.10. The first-order chi connectivity index (χ1) is 12.2. The first kappa shape index (κ1) is 16.0. The lowest BCUT2D eigenvalue weighted by atomic mass is 9.93. The first-order valence-corrected chi connectivity index (χ1v) is 10.4. The third-order valence-corrected chi connectivity index (χ3v) is 7.45. The smallest absolute Gasteiger partial charge is 0.122 e. The van der Waals surface area contributed by atoms with E-state index >= 15 is 0 Å². The second-order valence-corrected chi connectivity index (χ2v) is 9.28. The van der Waals surface area contributed by atoms with E-state index in [-0.39, 0.29) is 0 Å². The third kappa shape index (κ3) is 3.15. The molecule has 3 aliphatic rings. The van der Waals surface area contributed by atoms with Gasteiger partial charge in [-0.1, -0.05) is 0 Å². The average Bonchev–Trinajstić information content (AvgIpc) is 3.49. The van der Waals surface area contributed by atoms with E-state index < -0.39 is 0 Å². The third-order valence-electron chi connectivity index (χ3n) is 6.31. The summed E-state index contributed by atoms with van der Waals surface area (Å²) < 4.78 is 2.16. The molecule has 0 amide bonds. The van der Waals surface area contributed by atoms with Crippen molar-refractivity contribution in [3.63, 3.8) is 0 Å². The van der Waals surface area contributed by atoms with E-state index in [4.69, 9.17) is 4.98 Å². The molecule has 2 saturated carbocycles. The Morgan fingerprint density at radius 3 is 2.84 bits per heavy atom. The van der Waals surface area contributed by atoms with Crippen LogP contribution in [0.5, 0.6) is 0 Å². The topological polar surface area (TPSA) is 46.0 Å². The van der Waals surface area contributed by atoms with Crippen LogP contribution in [0.2, 0.25) is 0 Å². The number of nitrogens with zero attached hydrogens (tertiary/aromatic N) is 4. The largest absolute Gasteiger partial charge is 0.337 e. The van der Waals surface area contributed by atoms with E-state index in [0.29, 0.717) is 11.5 Å². The van der Waals surface area contributed by atoms with Crippen LogP contribution in [0.1, 0.15) is 53.7 Å². The van der Waals surface area contributed by atoms with Crippen LogP contribution >= 0.6 is 11.3 Å². The molecular weight excluding hydrogens is 330 g/mol. The fraction of sp³-hybridized carbons (Fsp3) is 0.684. The molecule has 1 saturated heterocycles. The van der Waals surface area contributed by atoms with Gasteiger partial charge in [0.1, 0.15) is 5.82 Å². The highest BCUT2D eigenvalue weighted by Gasteiger charge is 2.56. The van der Waals surface area contributed by atoms with Gasteiger partial charge in [-0.15, -0.1) is 11.3 Å². The van der Waals surface area contributed by atoms with Crippen molar-refractivity contribution in [3.05, 3.63) is 34.3 Å². The number of hydrogen-bond donors (Lipinski definition) is 1. The fourth-order valence-corrected chi connectivity index (χ4v) is 5.54. The molecule has 1 atom stereocenters. The Balaban J connectivity index is 1.34. The van der Waals surface area contributed by atoms with Crippen LogP contribution in [-0.4, -0.2) is 38.6 Å². The maximum atomic E-state index is 4.69. The van der Waals surface area contributed by atoms with Gasteiger partial charge in [-0.05, 0) is 50.6 Å². The maximum Gasteiger partial charge on any atom is 0.122 e. The summed E-state index contributed by atoms with van der Waals surface area (Å²) in [4.78, 5) is 13.4. The highest BCUT2D eigenvalue weighted by Crippen LogP contribution is 2.56. The Morgan fingerprint density at radius 1 is 1.28 bits per heavy atom. The van der Waals surface area contributed by atoms with Crippen molar-refractivity contribution in [3.8, 4) is 0 Å². The van der Waals surface area contributed by atoms with Gasteiger partial charge in [0.05, 0.1) is 11.6 Å². The number of thiazole rings is 1. The second-order valence-electron chi connectivity index (χ2n) is 8.13. The number of hydrogen-bond acceptors (Lipinski definition) is 5. The molecule has 3 heterocycles. The highest BCUT2D eigenvalue weighted by atomic mass is 32.1. The summed E-state index contributed by atoms with van der Waals surface area (Å²) in [6.45, 7) is 4.33. The van der Waals surface area contributed by atoms with Crippen molar-refractivity contribution >= 4 is 11.3 Å². The van der Waals surface area contributed by atoms with Gasteiger partial charge < -0.3 is 9.88 Å². The van der Waals surface area contributed by atoms with Gasteiger partial charge in [0, 0.05) is 49.0 Å². The Kier molecular flexibility index (Phi) is 3.95. The van der Waals surface area contributed by atoms with Gasteiger partial charge in [0.2, 0.25) is 0 Å². The number of piperidine rings is 1. The van der Waals surface area contributed by atoms with Crippen molar-refractivity contribution < 1.29 is 0 Å². The SMILES string of the molecule is Cn1ccnc1CN(Cc1cnc(C2CC2)s1)C1CC12CCNCC2. The quantitative estimate of drug-likeness (QED) is 0.863. The lowest BCUT2D eigenvalue weighted by Gasteiger charge is -2.29.